The molecular formula is C15H25ClN2. The smallest absolute Gasteiger partial charge is 0.0474 e. The van der Waals surface area contributed by atoms with Gasteiger partial charge in [-0.05, 0) is 44.5 Å². The van der Waals surface area contributed by atoms with E-state index in [1.54, 1.807) is 0 Å². The summed E-state index contributed by atoms with van der Waals surface area (Å²) in [5.41, 5.74) is 2.40. The first-order valence-electron chi connectivity index (χ1n) is 6.85. The first-order valence-corrected chi connectivity index (χ1v) is 7.23. The van der Waals surface area contributed by atoms with E-state index in [0.717, 1.165) is 36.5 Å². The molecule has 0 fully saturated rings. The maximum atomic E-state index is 6.38. The topological polar surface area (TPSA) is 15.3 Å². The van der Waals surface area contributed by atoms with Crippen molar-refractivity contribution in [3.05, 3.63) is 28.8 Å². The fraction of sp³-hybridized carbons (Fsp3) is 0.600. The molecule has 1 N–H and O–H groups in total. The quantitative estimate of drug-likeness (QED) is 0.795. The number of anilines is 1. The summed E-state index contributed by atoms with van der Waals surface area (Å²) >= 11 is 6.38. The molecule has 0 saturated carbocycles. The Morgan fingerprint density at radius 3 is 2.28 bits per heavy atom. The summed E-state index contributed by atoms with van der Waals surface area (Å²) in [4.78, 5) is 2.40. The molecule has 0 bridgehead atoms. The average molecular weight is 269 g/mol. The van der Waals surface area contributed by atoms with Crippen LogP contribution in [0.2, 0.25) is 5.02 Å². The Balaban J connectivity index is 2.93. The molecule has 102 valence electrons. The van der Waals surface area contributed by atoms with Crippen LogP contribution < -0.4 is 10.2 Å². The molecule has 2 nitrogen and oxygen atoms in total. The summed E-state index contributed by atoms with van der Waals surface area (Å²) < 4.78 is 0. The minimum atomic E-state index is 0.289. The molecule has 0 saturated heterocycles. The molecule has 0 heterocycles. The molecule has 1 aromatic rings. The van der Waals surface area contributed by atoms with Gasteiger partial charge in [-0.25, -0.2) is 0 Å². The van der Waals surface area contributed by atoms with Crippen molar-refractivity contribution in [3.8, 4) is 0 Å². The number of nitrogens with one attached hydrogen (secondary N) is 1. The number of hydrogen-bond acceptors (Lipinski definition) is 2. The molecule has 1 atom stereocenters. The van der Waals surface area contributed by atoms with Gasteiger partial charge < -0.3 is 10.2 Å². The summed E-state index contributed by atoms with van der Waals surface area (Å²) in [5.74, 6) is 0. The molecule has 0 radical (unpaired) electrons. The minimum absolute atomic E-state index is 0.289. The van der Waals surface area contributed by atoms with Gasteiger partial charge in [-0.3, -0.25) is 0 Å². The van der Waals surface area contributed by atoms with E-state index in [-0.39, 0.29) is 6.04 Å². The second-order valence-electron chi connectivity index (χ2n) is 4.70. The van der Waals surface area contributed by atoms with Crippen molar-refractivity contribution >= 4 is 17.3 Å². The average Bonchev–Trinajstić information content (AvgIpc) is 2.37. The minimum Gasteiger partial charge on any atom is -0.372 e. The molecule has 0 aliphatic carbocycles. The Labute approximate surface area is 116 Å². The van der Waals surface area contributed by atoms with E-state index in [9.17, 15) is 0 Å². The Morgan fingerprint density at radius 1 is 1.22 bits per heavy atom. The normalized spacial score (nSPS) is 12.5. The third-order valence-corrected chi connectivity index (χ3v) is 3.56. The highest BCUT2D eigenvalue weighted by atomic mass is 35.5. The summed E-state index contributed by atoms with van der Waals surface area (Å²) in [6, 6.07) is 6.70. The van der Waals surface area contributed by atoms with Crippen LogP contribution in [0, 0.1) is 0 Å². The fourth-order valence-electron chi connectivity index (χ4n) is 2.13. The fourth-order valence-corrected chi connectivity index (χ4v) is 2.47. The van der Waals surface area contributed by atoms with E-state index < -0.39 is 0 Å². The third kappa shape index (κ3) is 3.89. The van der Waals surface area contributed by atoms with Gasteiger partial charge in [0.05, 0.1) is 0 Å². The first kappa shape index (κ1) is 15.3. The van der Waals surface area contributed by atoms with Gasteiger partial charge >= 0.3 is 0 Å². The lowest BCUT2D eigenvalue weighted by Crippen LogP contribution is -2.25. The van der Waals surface area contributed by atoms with E-state index in [1.165, 1.54) is 5.69 Å². The summed E-state index contributed by atoms with van der Waals surface area (Å²) in [7, 11) is 1.95. The second kappa shape index (κ2) is 7.65. The largest absolute Gasteiger partial charge is 0.372 e. The van der Waals surface area contributed by atoms with E-state index in [4.69, 9.17) is 11.6 Å². The van der Waals surface area contributed by atoms with E-state index >= 15 is 0 Å². The molecule has 3 heteroatoms. The standard InChI is InChI=1S/C15H25ClN2/c1-5-9-18(10-6-2)13-7-8-14(12(3)17-4)15(16)11-13/h7-8,11-12,17H,5-6,9-10H2,1-4H3. The Kier molecular flexibility index (Phi) is 6.51. The Hall–Kier alpha value is -0.730. The van der Waals surface area contributed by atoms with E-state index in [0.29, 0.717) is 0 Å². The molecule has 1 rings (SSSR count). The first-order chi connectivity index (χ1) is 8.63. The van der Waals surface area contributed by atoms with Crippen LogP contribution in [0.15, 0.2) is 18.2 Å². The van der Waals surface area contributed by atoms with Crippen LogP contribution >= 0.6 is 11.6 Å². The van der Waals surface area contributed by atoms with Crippen LogP contribution in [-0.4, -0.2) is 20.1 Å². The van der Waals surface area contributed by atoms with Crippen molar-refractivity contribution in [2.75, 3.05) is 25.0 Å². The monoisotopic (exact) mass is 268 g/mol. The molecule has 1 unspecified atom stereocenters. The number of hydrogen-bond donors (Lipinski definition) is 1. The summed E-state index contributed by atoms with van der Waals surface area (Å²) in [5, 5.41) is 4.08. The molecule has 0 aromatic heterocycles. The zero-order valence-electron chi connectivity index (χ0n) is 12.0. The summed E-state index contributed by atoms with van der Waals surface area (Å²) in [6.45, 7) is 8.72. The molecular weight excluding hydrogens is 244 g/mol. The molecule has 0 aliphatic rings. The van der Waals surface area contributed by atoms with E-state index in [2.05, 4.69) is 49.2 Å². The Morgan fingerprint density at radius 2 is 1.83 bits per heavy atom. The predicted molar refractivity (Wildman–Crippen MR) is 81.7 cm³/mol. The second-order valence-corrected chi connectivity index (χ2v) is 5.11. The molecule has 18 heavy (non-hydrogen) atoms. The maximum Gasteiger partial charge on any atom is 0.0474 e. The highest BCUT2D eigenvalue weighted by molar-refractivity contribution is 6.31. The zero-order chi connectivity index (χ0) is 13.5. The van der Waals surface area contributed by atoms with Crippen LogP contribution in [0.3, 0.4) is 0 Å². The molecule has 1 aromatic carbocycles. The predicted octanol–water partition coefficient (Wildman–Crippen LogP) is 4.25. The number of benzene rings is 1. The van der Waals surface area contributed by atoms with Gasteiger partial charge in [0.1, 0.15) is 0 Å². The van der Waals surface area contributed by atoms with Crippen molar-refractivity contribution in [3.63, 3.8) is 0 Å². The lowest BCUT2D eigenvalue weighted by Gasteiger charge is -2.25. The van der Waals surface area contributed by atoms with Crippen molar-refractivity contribution in [1.29, 1.82) is 0 Å². The van der Waals surface area contributed by atoms with Crippen molar-refractivity contribution in [1.82, 2.24) is 5.32 Å². The van der Waals surface area contributed by atoms with Crippen LogP contribution in [0.25, 0.3) is 0 Å². The van der Waals surface area contributed by atoms with Crippen LogP contribution in [0.1, 0.15) is 45.2 Å². The number of halogens is 1. The van der Waals surface area contributed by atoms with Crippen molar-refractivity contribution in [2.24, 2.45) is 0 Å². The van der Waals surface area contributed by atoms with Crippen molar-refractivity contribution < 1.29 is 0 Å². The molecule has 0 amide bonds. The lowest BCUT2D eigenvalue weighted by molar-refractivity contribution is 0.652. The molecule has 0 spiro atoms. The maximum absolute atomic E-state index is 6.38. The van der Waals surface area contributed by atoms with Crippen LogP contribution in [0.5, 0.6) is 0 Å². The lowest BCUT2D eigenvalue weighted by atomic mass is 10.1. The van der Waals surface area contributed by atoms with Gasteiger partial charge in [0.2, 0.25) is 0 Å². The van der Waals surface area contributed by atoms with Gasteiger partial charge in [0, 0.05) is 29.8 Å². The van der Waals surface area contributed by atoms with Gasteiger partial charge in [0.25, 0.3) is 0 Å². The number of rotatable bonds is 7. The van der Waals surface area contributed by atoms with Gasteiger partial charge in [-0.2, -0.15) is 0 Å². The summed E-state index contributed by atoms with van der Waals surface area (Å²) in [6.07, 6.45) is 2.32. The van der Waals surface area contributed by atoms with Crippen molar-refractivity contribution in [2.45, 2.75) is 39.7 Å². The van der Waals surface area contributed by atoms with Gasteiger partial charge in [0.15, 0.2) is 0 Å². The highest BCUT2D eigenvalue weighted by Crippen LogP contribution is 2.28. The third-order valence-electron chi connectivity index (χ3n) is 3.24. The van der Waals surface area contributed by atoms with Gasteiger partial charge in [-0.1, -0.05) is 31.5 Å². The highest BCUT2D eigenvalue weighted by Gasteiger charge is 2.11. The zero-order valence-corrected chi connectivity index (χ0v) is 12.7. The van der Waals surface area contributed by atoms with Crippen LogP contribution in [-0.2, 0) is 0 Å². The van der Waals surface area contributed by atoms with E-state index in [1.807, 2.05) is 7.05 Å². The number of nitrogens with zero attached hydrogens (tertiary/aromatic N) is 1. The Bertz CT molecular complexity index is 360. The molecule has 0 aliphatic heterocycles. The SMILES string of the molecule is CCCN(CCC)c1ccc(C(C)NC)c(Cl)c1. The van der Waals surface area contributed by atoms with Crippen LogP contribution in [0.4, 0.5) is 5.69 Å². The van der Waals surface area contributed by atoms with Gasteiger partial charge in [-0.15, -0.1) is 0 Å².